The maximum atomic E-state index is 11.7. The van der Waals surface area contributed by atoms with Gasteiger partial charge >= 0.3 is 11.9 Å². The second-order valence-electron chi connectivity index (χ2n) is 4.24. The fourth-order valence-electron chi connectivity index (χ4n) is 1.69. The molecule has 10 heteroatoms. The predicted octanol–water partition coefficient (Wildman–Crippen LogP) is 3.61. The molecule has 126 valence electrons. The lowest BCUT2D eigenvalue weighted by Crippen LogP contribution is -2.06. The van der Waals surface area contributed by atoms with Gasteiger partial charge in [-0.25, -0.2) is 9.59 Å². The van der Waals surface area contributed by atoms with Crippen LogP contribution in [-0.2, 0) is 9.78 Å². The molecule has 0 aliphatic heterocycles. The zero-order chi connectivity index (χ0) is 17.7. The Morgan fingerprint density at radius 3 is 2.71 bits per heavy atom. The number of thiophene rings is 1. The lowest BCUT2D eigenvalue weighted by molar-refractivity contribution is -0.387. The number of hydrogen-bond acceptors (Lipinski definition) is 8. The van der Waals surface area contributed by atoms with E-state index in [1.54, 1.807) is 18.4 Å². The lowest BCUT2D eigenvalue weighted by Gasteiger charge is -2.05. The summed E-state index contributed by atoms with van der Waals surface area (Å²) < 4.78 is 0. The molecule has 0 aliphatic carbocycles. The van der Waals surface area contributed by atoms with E-state index in [9.17, 15) is 19.7 Å². The second kappa shape index (κ2) is 7.90. The summed E-state index contributed by atoms with van der Waals surface area (Å²) in [5.74, 6) is -1.95. The number of carbonyl (C=O) groups is 2. The van der Waals surface area contributed by atoms with Crippen molar-refractivity contribution in [2.24, 2.45) is 0 Å². The molecule has 1 N–H and O–H groups in total. The van der Waals surface area contributed by atoms with Crippen molar-refractivity contribution >= 4 is 40.7 Å². The Hall–Kier alpha value is -2.43. The van der Waals surface area contributed by atoms with E-state index in [-0.39, 0.29) is 27.6 Å². The molecule has 0 fully saturated rings. The Bertz CT molecular complexity index is 787. The zero-order valence-corrected chi connectivity index (χ0v) is 13.9. The number of carbonyl (C=O) groups excluding carboxylic acids is 1. The van der Waals surface area contributed by atoms with E-state index in [4.69, 9.17) is 5.11 Å². The fraction of sp³-hybridized carbons (Fsp3) is 0.143. The maximum Gasteiger partial charge on any atom is 0.373 e. The van der Waals surface area contributed by atoms with Crippen molar-refractivity contribution in [2.45, 2.75) is 16.7 Å². The van der Waals surface area contributed by atoms with Crippen LogP contribution in [0.25, 0.3) is 0 Å². The third kappa shape index (κ3) is 4.10. The number of nitro benzene ring substituents is 1. The van der Waals surface area contributed by atoms with Crippen LogP contribution in [0, 0.1) is 10.1 Å². The van der Waals surface area contributed by atoms with Crippen LogP contribution in [0.15, 0.2) is 39.4 Å². The van der Waals surface area contributed by atoms with Gasteiger partial charge < -0.3 is 5.11 Å². The summed E-state index contributed by atoms with van der Waals surface area (Å²) in [6.45, 7) is 1.77. The molecule has 1 heterocycles. The minimum atomic E-state index is -1.10. The summed E-state index contributed by atoms with van der Waals surface area (Å²) in [6.07, 6.45) is 0. The SMILES string of the molecule is CCOOC(=O)c1ccc(Sc2ccsc2C(=O)O)c([N+](=O)[O-])c1. The molecule has 1 aromatic carbocycles. The van der Waals surface area contributed by atoms with E-state index in [0.29, 0.717) is 4.90 Å². The monoisotopic (exact) mass is 369 g/mol. The van der Waals surface area contributed by atoms with Crippen molar-refractivity contribution < 1.29 is 29.4 Å². The first-order valence-corrected chi connectivity index (χ1v) is 8.24. The number of benzene rings is 1. The minimum absolute atomic E-state index is 0.0386. The van der Waals surface area contributed by atoms with Crippen LogP contribution in [-0.4, -0.2) is 28.6 Å². The summed E-state index contributed by atoms with van der Waals surface area (Å²) in [5.41, 5.74) is -0.364. The summed E-state index contributed by atoms with van der Waals surface area (Å²) in [4.78, 5) is 43.1. The molecule has 2 aromatic rings. The summed E-state index contributed by atoms with van der Waals surface area (Å²) >= 11 is 1.97. The summed E-state index contributed by atoms with van der Waals surface area (Å²) in [6, 6.07) is 5.36. The Balaban J connectivity index is 2.33. The van der Waals surface area contributed by atoms with E-state index in [1.807, 2.05) is 0 Å². The number of hydrogen-bond donors (Lipinski definition) is 1. The number of carboxylic acid groups (broad SMARTS) is 1. The van der Waals surface area contributed by atoms with Crippen molar-refractivity contribution in [2.75, 3.05) is 6.61 Å². The van der Waals surface area contributed by atoms with Gasteiger partial charge in [0.1, 0.15) is 4.88 Å². The third-order valence-corrected chi connectivity index (χ3v) is 4.84. The van der Waals surface area contributed by atoms with Crippen molar-refractivity contribution in [3.05, 3.63) is 50.2 Å². The van der Waals surface area contributed by atoms with E-state index >= 15 is 0 Å². The Morgan fingerprint density at radius 2 is 2.08 bits per heavy atom. The van der Waals surface area contributed by atoms with Gasteiger partial charge in [-0.1, -0.05) is 11.8 Å². The van der Waals surface area contributed by atoms with Crippen molar-refractivity contribution in [3.63, 3.8) is 0 Å². The molecule has 1 aromatic heterocycles. The van der Waals surface area contributed by atoms with Crippen LogP contribution in [0.5, 0.6) is 0 Å². The molecule has 2 rings (SSSR count). The highest BCUT2D eigenvalue weighted by atomic mass is 32.2. The normalized spacial score (nSPS) is 10.4. The predicted molar refractivity (Wildman–Crippen MR) is 85.5 cm³/mol. The first-order chi connectivity index (χ1) is 11.4. The molecule has 0 saturated heterocycles. The molecule has 0 saturated carbocycles. The van der Waals surface area contributed by atoms with Gasteiger partial charge in [0.2, 0.25) is 0 Å². The molecule has 0 bridgehead atoms. The number of carboxylic acids is 1. The smallest absolute Gasteiger partial charge is 0.373 e. The topological polar surface area (TPSA) is 116 Å². The highest BCUT2D eigenvalue weighted by Gasteiger charge is 2.22. The van der Waals surface area contributed by atoms with Crippen LogP contribution in [0.2, 0.25) is 0 Å². The highest BCUT2D eigenvalue weighted by molar-refractivity contribution is 7.99. The van der Waals surface area contributed by atoms with Crippen molar-refractivity contribution in [3.8, 4) is 0 Å². The summed E-state index contributed by atoms with van der Waals surface area (Å²) in [7, 11) is 0. The Labute approximate surface area is 144 Å². The average molecular weight is 369 g/mol. The van der Waals surface area contributed by atoms with Crippen molar-refractivity contribution in [1.29, 1.82) is 0 Å². The maximum absolute atomic E-state index is 11.7. The fourth-order valence-corrected chi connectivity index (χ4v) is 3.59. The third-order valence-electron chi connectivity index (χ3n) is 2.69. The zero-order valence-electron chi connectivity index (χ0n) is 12.3. The molecule has 0 atom stereocenters. The van der Waals surface area contributed by atoms with Crippen LogP contribution in [0.3, 0.4) is 0 Å². The Morgan fingerprint density at radius 1 is 1.33 bits per heavy atom. The Kier molecular flexibility index (Phi) is 5.90. The van der Waals surface area contributed by atoms with Gasteiger partial charge in [0, 0.05) is 11.0 Å². The molecule has 24 heavy (non-hydrogen) atoms. The molecule has 0 aliphatic rings. The van der Waals surface area contributed by atoms with Crippen LogP contribution >= 0.6 is 23.1 Å². The van der Waals surface area contributed by atoms with Gasteiger partial charge in [0.05, 0.1) is 22.0 Å². The van der Waals surface area contributed by atoms with Gasteiger partial charge in [-0.15, -0.1) is 11.3 Å². The molecule has 0 unspecified atom stereocenters. The standard InChI is InChI=1S/C14H11NO7S2/c1-2-21-22-14(18)8-3-4-10(9(7-8)15(19)20)24-11-5-6-23-12(11)13(16)17/h3-7H,2H2,1H3,(H,16,17). The molecule has 0 spiro atoms. The first kappa shape index (κ1) is 17.9. The largest absolute Gasteiger partial charge is 0.477 e. The lowest BCUT2D eigenvalue weighted by atomic mass is 10.2. The van der Waals surface area contributed by atoms with Crippen LogP contribution in [0.4, 0.5) is 5.69 Å². The quantitative estimate of drug-likeness (QED) is 0.447. The van der Waals surface area contributed by atoms with Gasteiger partial charge in [0.15, 0.2) is 0 Å². The first-order valence-electron chi connectivity index (χ1n) is 6.55. The minimum Gasteiger partial charge on any atom is -0.477 e. The van der Waals surface area contributed by atoms with Crippen molar-refractivity contribution in [1.82, 2.24) is 0 Å². The van der Waals surface area contributed by atoms with Gasteiger partial charge in [0.25, 0.3) is 5.69 Å². The van der Waals surface area contributed by atoms with E-state index in [0.717, 1.165) is 29.2 Å². The molecular formula is C14H11NO7S2. The van der Waals surface area contributed by atoms with Gasteiger partial charge in [-0.05, 0) is 30.5 Å². The second-order valence-corrected chi connectivity index (χ2v) is 6.24. The molecule has 0 amide bonds. The molecule has 0 radical (unpaired) electrons. The number of nitro groups is 1. The number of nitrogens with zero attached hydrogens (tertiary/aromatic N) is 1. The van der Waals surface area contributed by atoms with E-state index in [1.165, 1.54) is 12.1 Å². The number of rotatable bonds is 7. The van der Waals surface area contributed by atoms with Crippen LogP contribution in [0.1, 0.15) is 27.0 Å². The number of aromatic carboxylic acids is 1. The van der Waals surface area contributed by atoms with E-state index < -0.39 is 16.9 Å². The average Bonchev–Trinajstić information content (AvgIpc) is 3.01. The molecule has 8 nitrogen and oxygen atoms in total. The van der Waals surface area contributed by atoms with Gasteiger partial charge in [-0.2, -0.15) is 4.89 Å². The van der Waals surface area contributed by atoms with E-state index in [2.05, 4.69) is 9.78 Å². The highest BCUT2D eigenvalue weighted by Crippen LogP contribution is 2.38. The van der Waals surface area contributed by atoms with Gasteiger partial charge in [-0.3, -0.25) is 15.0 Å². The summed E-state index contributed by atoms with van der Waals surface area (Å²) in [5, 5.41) is 21.9. The van der Waals surface area contributed by atoms with Crippen LogP contribution < -0.4 is 0 Å². The molecular weight excluding hydrogens is 358 g/mol.